The van der Waals surface area contributed by atoms with Crippen LogP contribution in [-0.2, 0) is 9.09 Å². The molecule has 0 radical (unpaired) electrons. The van der Waals surface area contributed by atoms with Crippen LogP contribution in [-0.4, -0.2) is 79.5 Å². The molecule has 5 nitrogen and oxygen atoms in total. The second-order valence-electron chi connectivity index (χ2n) is 1.40. The maximum atomic E-state index is 9.90. The second kappa shape index (κ2) is 7.36. The molecule has 0 spiro atoms. The summed E-state index contributed by atoms with van der Waals surface area (Å²) in [4.78, 5) is 16.1. The Kier molecular flexibility index (Phi) is 10.5. The van der Waals surface area contributed by atoms with Gasteiger partial charge in [0.05, 0.1) is 6.61 Å². The minimum atomic E-state index is -4.31. The molecule has 0 aromatic carbocycles. The molecule has 0 aliphatic rings. The Morgan fingerprint density at radius 1 is 1.40 bits per heavy atom. The summed E-state index contributed by atoms with van der Waals surface area (Å²) in [7, 11) is -4.31. The van der Waals surface area contributed by atoms with E-state index in [-0.39, 0.29) is 71.0 Å². The van der Waals surface area contributed by atoms with E-state index in [9.17, 15) is 4.57 Å². The van der Waals surface area contributed by atoms with Gasteiger partial charge in [-0.05, 0) is 6.42 Å². The average molecular weight is 196 g/mol. The summed E-state index contributed by atoms with van der Waals surface area (Å²) in [5.41, 5.74) is 0. The van der Waals surface area contributed by atoms with Crippen LogP contribution in [0.3, 0.4) is 0 Å². The molecule has 3 N–H and O–H groups in total. The van der Waals surface area contributed by atoms with Gasteiger partial charge < -0.3 is 14.9 Å². The summed E-state index contributed by atoms with van der Waals surface area (Å²) in [6.45, 7) is -0.235. The SMILES string of the molecule is O=P(O)(O)OCCCO.[KH]. The third kappa shape index (κ3) is 12.4. The Balaban J connectivity index is 0. The average Bonchev–Trinajstić information content (AvgIpc) is 1.63. The molecule has 58 valence electrons. The summed E-state index contributed by atoms with van der Waals surface area (Å²) >= 11 is 0. The van der Waals surface area contributed by atoms with E-state index in [4.69, 9.17) is 14.9 Å². The number of hydrogen-bond acceptors (Lipinski definition) is 3. The molecule has 0 aromatic heterocycles. The van der Waals surface area contributed by atoms with Gasteiger partial charge in [0.1, 0.15) is 0 Å². The van der Waals surface area contributed by atoms with E-state index in [0.29, 0.717) is 0 Å². The Bertz CT molecular complexity index is 111. The van der Waals surface area contributed by atoms with Crippen LogP contribution in [0.4, 0.5) is 0 Å². The van der Waals surface area contributed by atoms with Crippen LogP contribution in [0.15, 0.2) is 0 Å². The zero-order chi connectivity index (χ0) is 7.33. The van der Waals surface area contributed by atoms with Gasteiger partial charge in [0.2, 0.25) is 0 Å². The van der Waals surface area contributed by atoms with Gasteiger partial charge in [0.25, 0.3) is 0 Å². The summed E-state index contributed by atoms with van der Waals surface area (Å²) in [5, 5.41) is 8.13. The molecule has 0 aliphatic carbocycles. The molecule has 0 fully saturated rings. The topological polar surface area (TPSA) is 87.0 Å². The van der Waals surface area contributed by atoms with Gasteiger partial charge in [0.15, 0.2) is 0 Å². The van der Waals surface area contributed by atoms with Gasteiger partial charge in [-0.3, -0.25) is 4.52 Å². The van der Waals surface area contributed by atoms with Gasteiger partial charge in [-0.15, -0.1) is 0 Å². The number of aliphatic hydroxyl groups is 1. The summed E-state index contributed by atoms with van der Waals surface area (Å²) < 4.78 is 13.9. The predicted octanol–water partition coefficient (Wildman–Crippen LogP) is -1.17. The first-order valence-corrected chi connectivity index (χ1v) is 3.90. The van der Waals surface area contributed by atoms with Gasteiger partial charge >= 0.3 is 59.2 Å². The monoisotopic (exact) mass is 196 g/mol. The second-order valence-corrected chi connectivity index (χ2v) is 2.64. The molecule has 0 atom stereocenters. The molecule has 0 heterocycles. The van der Waals surface area contributed by atoms with E-state index in [1.54, 1.807) is 0 Å². The molecule has 10 heavy (non-hydrogen) atoms. The van der Waals surface area contributed by atoms with E-state index in [1.165, 1.54) is 0 Å². The van der Waals surface area contributed by atoms with Crippen molar-refractivity contribution in [2.24, 2.45) is 0 Å². The first-order chi connectivity index (χ1) is 4.06. The third-order valence-corrected chi connectivity index (χ3v) is 1.08. The molecule has 0 aromatic rings. The van der Waals surface area contributed by atoms with E-state index < -0.39 is 7.82 Å². The first kappa shape index (κ1) is 14.2. The molecule has 0 aliphatic heterocycles. The third-order valence-electron chi connectivity index (χ3n) is 0.562. The number of phosphoric ester groups is 1. The summed E-state index contributed by atoms with van der Waals surface area (Å²) in [6.07, 6.45) is 0.241. The van der Waals surface area contributed by atoms with Crippen LogP contribution in [0.2, 0.25) is 0 Å². The Hall–Kier alpha value is 1.71. The van der Waals surface area contributed by atoms with Gasteiger partial charge in [0, 0.05) is 6.61 Å². The Labute approximate surface area is 101 Å². The van der Waals surface area contributed by atoms with Gasteiger partial charge in [-0.2, -0.15) is 0 Å². The number of rotatable bonds is 4. The molecular weight excluding hydrogens is 186 g/mol. The van der Waals surface area contributed by atoms with Crippen molar-refractivity contribution in [2.45, 2.75) is 6.42 Å². The van der Waals surface area contributed by atoms with E-state index >= 15 is 0 Å². The van der Waals surface area contributed by atoms with Crippen LogP contribution in [0.1, 0.15) is 6.42 Å². The fourth-order valence-corrected chi connectivity index (χ4v) is 0.615. The zero-order valence-electron chi connectivity index (χ0n) is 4.73. The summed E-state index contributed by atoms with van der Waals surface area (Å²) in [6, 6.07) is 0. The number of aliphatic hydroxyl groups excluding tert-OH is 1. The molecule has 0 amide bonds. The van der Waals surface area contributed by atoms with Crippen LogP contribution < -0.4 is 0 Å². The molecule has 0 saturated carbocycles. The summed E-state index contributed by atoms with van der Waals surface area (Å²) in [5.74, 6) is 0. The van der Waals surface area contributed by atoms with Crippen LogP contribution >= 0.6 is 7.82 Å². The zero-order valence-corrected chi connectivity index (χ0v) is 5.62. The molecular formula is C3H10KO5P. The van der Waals surface area contributed by atoms with Crippen molar-refractivity contribution in [3.05, 3.63) is 0 Å². The molecule has 0 rings (SSSR count). The normalized spacial score (nSPS) is 10.7. The fraction of sp³-hybridized carbons (Fsp3) is 1.00. The minimum absolute atomic E-state index is 0. The van der Waals surface area contributed by atoms with Gasteiger partial charge in [-0.1, -0.05) is 0 Å². The predicted molar refractivity (Wildman–Crippen MR) is 36.8 cm³/mol. The van der Waals surface area contributed by atoms with Crippen LogP contribution in [0.5, 0.6) is 0 Å². The number of hydrogen-bond donors (Lipinski definition) is 3. The Morgan fingerprint density at radius 2 is 1.90 bits per heavy atom. The standard InChI is InChI=1S/C3H9O5P.K.H/c4-2-1-3-8-9(5,6)7;;/h4H,1-3H2,(H2,5,6,7);;. The fourth-order valence-electron chi connectivity index (χ4n) is 0.248. The Morgan fingerprint density at radius 3 is 2.20 bits per heavy atom. The molecule has 0 unspecified atom stereocenters. The van der Waals surface area contributed by atoms with Crippen molar-refractivity contribution in [3.8, 4) is 0 Å². The van der Waals surface area contributed by atoms with Crippen molar-refractivity contribution >= 4 is 59.2 Å². The van der Waals surface area contributed by atoms with Crippen molar-refractivity contribution in [3.63, 3.8) is 0 Å². The van der Waals surface area contributed by atoms with Crippen molar-refractivity contribution in [1.82, 2.24) is 0 Å². The first-order valence-electron chi connectivity index (χ1n) is 2.37. The molecule has 0 bridgehead atoms. The molecule has 0 saturated heterocycles. The maximum absolute atomic E-state index is 9.90. The number of phosphoric acid groups is 1. The van der Waals surface area contributed by atoms with Gasteiger partial charge in [-0.25, -0.2) is 4.57 Å². The van der Waals surface area contributed by atoms with E-state index in [0.717, 1.165) is 0 Å². The van der Waals surface area contributed by atoms with E-state index in [1.807, 2.05) is 0 Å². The molecule has 7 heteroatoms. The quantitative estimate of drug-likeness (QED) is 0.299. The van der Waals surface area contributed by atoms with Crippen LogP contribution in [0.25, 0.3) is 0 Å². The van der Waals surface area contributed by atoms with Crippen molar-refractivity contribution in [1.29, 1.82) is 0 Å². The van der Waals surface area contributed by atoms with E-state index in [2.05, 4.69) is 4.52 Å². The van der Waals surface area contributed by atoms with Crippen molar-refractivity contribution in [2.75, 3.05) is 13.2 Å². The van der Waals surface area contributed by atoms with Crippen molar-refractivity contribution < 1.29 is 24.0 Å². The van der Waals surface area contributed by atoms with Crippen LogP contribution in [0, 0.1) is 0 Å².